The zero-order valence-electron chi connectivity index (χ0n) is 17.1. The van der Waals surface area contributed by atoms with Gasteiger partial charge in [-0.05, 0) is 68.5 Å². The molecule has 1 aliphatic carbocycles. The maximum Gasteiger partial charge on any atom is 0.335 e. The van der Waals surface area contributed by atoms with Gasteiger partial charge in [0.2, 0.25) is 5.91 Å². The van der Waals surface area contributed by atoms with Gasteiger partial charge in [0.1, 0.15) is 0 Å². The summed E-state index contributed by atoms with van der Waals surface area (Å²) in [5.74, 6) is -1.24. The summed E-state index contributed by atoms with van der Waals surface area (Å²) in [5, 5.41) is 12.7. The minimum absolute atomic E-state index is 0.0591. The molecule has 0 radical (unpaired) electrons. The number of thioether (sulfide) groups is 1. The summed E-state index contributed by atoms with van der Waals surface area (Å²) in [6.07, 6.45) is 4.04. The number of carboxylic acid groups (broad SMARTS) is 1. The van der Waals surface area contributed by atoms with E-state index in [1.807, 2.05) is 13.0 Å². The molecule has 0 bridgehead atoms. The van der Waals surface area contributed by atoms with Crippen LogP contribution in [0.2, 0.25) is 0 Å². The molecule has 9 heteroatoms. The molecule has 2 heterocycles. The van der Waals surface area contributed by atoms with E-state index in [-0.39, 0.29) is 22.8 Å². The lowest BCUT2D eigenvalue weighted by Crippen LogP contribution is -2.24. The van der Waals surface area contributed by atoms with Gasteiger partial charge in [-0.1, -0.05) is 11.8 Å². The van der Waals surface area contributed by atoms with Crippen LogP contribution >= 0.6 is 11.8 Å². The summed E-state index contributed by atoms with van der Waals surface area (Å²) in [6, 6.07) is 7.86. The first-order valence-electron chi connectivity index (χ1n) is 10.2. The average Bonchev–Trinajstić information content (AvgIpc) is 2.77. The lowest BCUT2D eigenvalue weighted by Gasteiger charge is -2.16. The van der Waals surface area contributed by atoms with Crippen molar-refractivity contribution in [3.05, 3.63) is 57.5 Å². The van der Waals surface area contributed by atoms with Crippen molar-refractivity contribution < 1.29 is 14.7 Å². The lowest BCUT2D eigenvalue weighted by molar-refractivity contribution is -0.113. The molecule has 160 valence electrons. The largest absolute Gasteiger partial charge is 0.478 e. The molecule has 0 saturated carbocycles. The maximum absolute atomic E-state index is 13.0. The van der Waals surface area contributed by atoms with E-state index >= 15 is 0 Å². The Balaban J connectivity index is 1.53. The quantitative estimate of drug-likeness (QED) is 0.449. The lowest BCUT2D eigenvalue weighted by atomic mass is 9.95. The van der Waals surface area contributed by atoms with E-state index in [0.717, 1.165) is 36.9 Å². The van der Waals surface area contributed by atoms with E-state index in [2.05, 4.69) is 15.3 Å². The van der Waals surface area contributed by atoms with Gasteiger partial charge < -0.3 is 10.4 Å². The second-order valence-electron chi connectivity index (χ2n) is 7.34. The number of carbonyl (C=O) groups is 2. The summed E-state index contributed by atoms with van der Waals surface area (Å²) in [7, 11) is 0. The third-order valence-corrected chi connectivity index (χ3v) is 6.23. The van der Waals surface area contributed by atoms with Crippen molar-refractivity contribution >= 4 is 40.4 Å². The Kier molecular flexibility index (Phi) is 6.03. The summed E-state index contributed by atoms with van der Waals surface area (Å²) >= 11 is 1.18. The van der Waals surface area contributed by atoms with Gasteiger partial charge in [0.15, 0.2) is 10.8 Å². The molecule has 0 unspecified atom stereocenters. The van der Waals surface area contributed by atoms with E-state index in [4.69, 9.17) is 5.11 Å². The Morgan fingerprint density at radius 3 is 2.61 bits per heavy atom. The number of aromatic carboxylic acids is 1. The van der Waals surface area contributed by atoms with Crippen molar-refractivity contribution in [1.82, 2.24) is 14.5 Å². The van der Waals surface area contributed by atoms with Crippen LogP contribution in [0.15, 0.2) is 40.3 Å². The predicted molar refractivity (Wildman–Crippen MR) is 119 cm³/mol. The number of hydrogen-bond donors (Lipinski definition) is 2. The molecular weight excluding hydrogens is 416 g/mol. The third kappa shape index (κ3) is 4.46. The molecule has 0 spiro atoms. The number of aryl methyl sites for hydroxylation is 2. The molecule has 1 aromatic carbocycles. The number of carbonyl (C=O) groups excluding carboxylic acids is 1. The first-order valence-corrected chi connectivity index (χ1v) is 11.1. The van der Waals surface area contributed by atoms with Gasteiger partial charge in [0, 0.05) is 17.9 Å². The second kappa shape index (κ2) is 8.89. The number of rotatable bonds is 6. The average molecular weight is 439 g/mol. The summed E-state index contributed by atoms with van der Waals surface area (Å²) in [6.45, 7) is 2.31. The van der Waals surface area contributed by atoms with Gasteiger partial charge in [-0.15, -0.1) is 0 Å². The zero-order chi connectivity index (χ0) is 22.0. The van der Waals surface area contributed by atoms with E-state index in [0.29, 0.717) is 28.4 Å². The van der Waals surface area contributed by atoms with E-state index in [9.17, 15) is 14.4 Å². The molecule has 0 saturated heterocycles. The maximum atomic E-state index is 13.0. The van der Waals surface area contributed by atoms with Gasteiger partial charge in [0.25, 0.3) is 5.56 Å². The number of nitrogens with zero attached hydrogens (tertiary/aromatic N) is 3. The molecular formula is C22H22N4O4S. The first kappa shape index (κ1) is 21.0. The number of anilines is 1. The van der Waals surface area contributed by atoms with Crippen LogP contribution in [0.4, 0.5) is 5.69 Å². The molecule has 0 atom stereocenters. The Bertz CT molecular complexity index is 1220. The Labute approximate surface area is 182 Å². The van der Waals surface area contributed by atoms with Crippen molar-refractivity contribution in [3.63, 3.8) is 0 Å². The molecule has 2 aromatic heterocycles. The molecule has 31 heavy (non-hydrogen) atoms. The molecule has 8 nitrogen and oxygen atoms in total. The molecule has 2 N–H and O–H groups in total. The second-order valence-corrected chi connectivity index (χ2v) is 8.28. The van der Waals surface area contributed by atoms with Crippen LogP contribution in [0.5, 0.6) is 0 Å². The number of carboxylic acids is 1. The van der Waals surface area contributed by atoms with Gasteiger partial charge in [-0.2, -0.15) is 0 Å². The fraction of sp³-hybridized carbons (Fsp3) is 0.318. The summed E-state index contributed by atoms with van der Waals surface area (Å²) in [4.78, 5) is 45.5. The highest BCUT2D eigenvalue weighted by Crippen LogP contribution is 2.24. The summed E-state index contributed by atoms with van der Waals surface area (Å²) in [5.41, 5.74) is 3.09. The topological polar surface area (TPSA) is 114 Å². The van der Waals surface area contributed by atoms with Crippen molar-refractivity contribution in [1.29, 1.82) is 0 Å². The van der Waals surface area contributed by atoms with Crippen LogP contribution < -0.4 is 10.9 Å². The fourth-order valence-corrected chi connectivity index (χ4v) is 4.51. The Morgan fingerprint density at radius 2 is 1.90 bits per heavy atom. The van der Waals surface area contributed by atoms with Crippen LogP contribution in [-0.4, -0.2) is 37.3 Å². The number of aromatic nitrogens is 3. The van der Waals surface area contributed by atoms with Gasteiger partial charge in [-0.25, -0.2) is 14.8 Å². The van der Waals surface area contributed by atoms with Crippen LogP contribution in [0, 0.1) is 0 Å². The molecule has 0 fully saturated rings. The smallest absolute Gasteiger partial charge is 0.335 e. The number of benzene rings is 1. The molecule has 4 rings (SSSR count). The molecule has 1 amide bonds. The highest BCUT2D eigenvalue weighted by atomic mass is 32.2. The van der Waals surface area contributed by atoms with Crippen LogP contribution in [0.3, 0.4) is 0 Å². The van der Waals surface area contributed by atoms with E-state index in [1.54, 1.807) is 4.57 Å². The number of pyridine rings is 1. The number of amides is 1. The highest BCUT2D eigenvalue weighted by molar-refractivity contribution is 7.99. The third-order valence-electron chi connectivity index (χ3n) is 5.25. The minimum Gasteiger partial charge on any atom is -0.478 e. The van der Waals surface area contributed by atoms with Crippen molar-refractivity contribution in [2.75, 3.05) is 11.1 Å². The monoisotopic (exact) mass is 438 g/mol. The number of nitrogens with one attached hydrogen (secondary N) is 1. The molecule has 0 aliphatic heterocycles. The molecule has 3 aromatic rings. The van der Waals surface area contributed by atoms with Gasteiger partial charge in [-0.3, -0.25) is 14.2 Å². The normalized spacial score (nSPS) is 13.1. The Morgan fingerprint density at radius 1 is 1.16 bits per heavy atom. The summed E-state index contributed by atoms with van der Waals surface area (Å²) < 4.78 is 1.57. The van der Waals surface area contributed by atoms with Crippen molar-refractivity contribution in [2.45, 2.75) is 44.3 Å². The number of hydrogen-bond acceptors (Lipinski definition) is 6. The predicted octanol–water partition coefficient (Wildman–Crippen LogP) is 3.12. The van der Waals surface area contributed by atoms with Gasteiger partial charge >= 0.3 is 5.97 Å². The standard InChI is InChI=1S/C22H22N4O4S/c1-2-26-20(28)16-11-14-5-3-4-6-17(14)24-19(16)25-22(26)31-12-18(27)23-15-9-7-13(8-10-15)21(29)30/h7-11H,2-6,12H2,1H3,(H,23,27)(H,29,30). The van der Waals surface area contributed by atoms with Crippen LogP contribution in [0.25, 0.3) is 11.0 Å². The van der Waals surface area contributed by atoms with Crippen LogP contribution in [0.1, 0.15) is 41.4 Å². The van der Waals surface area contributed by atoms with Crippen molar-refractivity contribution in [3.8, 4) is 0 Å². The fourth-order valence-electron chi connectivity index (χ4n) is 3.66. The minimum atomic E-state index is -1.02. The zero-order valence-corrected chi connectivity index (χ0v) is 17.9. The first-order chi connectivity index (χ1) is 15.0. The van der Waals surface area contributed by atoms with Crippen molar-refractivity contribution in [2.24, 2.45) is 0 Å². The van der Waals surface area contributed by atoms with Gasteiger partial charge in [0.05, 0.1) is 16.7 Å². The highest BCUT2D eigenvalue weighted by Gasteiger charge is 2.18. The Hall–Kier alpha value is -3.20. The van der Waals surface area contributed by atoms with Crippen LogP contribution in [-0.2, 0) is 24.2 Å². The number of fused-ring (bicyclic) bond motifs is 2. The van der Waals surface area contributed by atoms with E-state index in [1.165, 1.54) is 36.0 Å². The SMILES string of the molecule is CCn1c(SCC(=O)Nc2ccc(C(=O)O)cc2)nc2nc3c(cc2c1=O)CCCC3. The van der Waals surface area contributed by atoms with E-state index < -0.39 is 5.97 Å². The molecule has 1 aliphatic rings.